The van der Waals surface area contributed by atoms with Crippen LogP contribution in [0.4, 0.5) is 5.69 Å². The van der Waals surface area contributed by atoms with Crippen LogP contribution in [0.25, 0.3) is 0 Å². The van der Waals surface area contributed by atoms with Gasteiger partial charge in [0.1, 0.15) is 17.2 Å². The Morgan fingerprint density at radius 3 is 2.37 bits per heavy atom. The lowest BCUT2D eigenvalue weighted by atomic mass is 10.3. The van der Waals surface area contributed by atoms with Crippen molar-refractivity contribution in [1.82, 2.24) is 9.97 Å². The van der Waals surface area contributed by atoms with E-state index in [4.69, 9.17) is 16.3 Å². The van der Waals surface area contributed by atoms with E-state index in [1.807, 2.05) is 13.8 Å². The average molecular weight is 282 g/mol. The molecular formula is C12H12ClN3O3. The highest BCUT2D eigenvalue weighted by Crippen LogP contribution is 2.23. The first-order valence-corrected chi connectivity index (χ1v) is 5.93. The molecule has 1 aromatic carbocycles. The van der Waals surface area contributed by atoms with Gasteiger partial charge in [0.05, 0.1) is 4.92 Å². The number of halogens is 1. The van der Waals surface area contributed by atoms with Crippen molar-refractivity contribution in [3.8, 4) is 11.6 Å². The molecule has 0 aliphatic rings. The number of aromatic nitrogens is 2. The van der Waals surface area contributed by atoms with Crippen molar-refractivity contribution >= 4 is 17.3 Å². The minimum Gasteiger partial charge on any atom is -0.439 e. The largest absolute Gasteiger partial charge is 0.439 e. The molecule has 100 valence electrons. The maximum atomic E-state index is 10.4. The first-order valence-electron chi connectivity index (χ1n) is 5.55. The number of benzene rings is 1. The van der Waals surface area contributed by atoms with Gasteiger partial charge in [-0.15, -0.1) is 0 Å². The number of nitrogens with zero attached hydrogens (tertiary/aromatic N) is 3. The van der Waals surface area contributed by atoms with Gasteiger partial charge < -0.3 is 4.74 Å². The van der Waals surface area contributed by atoms with Crippen LogP contribution in [0.15, 0.2) is 36.7 Å². The Morgan fingerprint density at radius 2 is 1.84 bits per heavy atom. The molecule has 0 spiro atoms. The zero-order valence-corrected chi connectivity index (χ0v) is 11.2. The number of hydrogen-bond donors (Lipinski definition) is 0. The van der Waals surface area contributed by atoms with Crippen LogP contribution in [0.3, 0.4) is 0 Å². The first kappa shape index (κ1) is 14.8. The molecule has 0 atom stereocenters. The van der Waals surface area contributed by atoms with Gasteiger partial charge in [-0.05, 0) is 12.1 Å². The van der Waals surface area contributed by atoms with Crippen LogP contribution >= 0.6 is 11.6 Å². The average Bonchev–Trinajstić information content (AvgIpc) is 2.41. The van der Waals surface area contributed by atoms with E-state index in [1.54, 1.807) is 0 Å². The fourth-order valence-corrected chi connectivity index (χ4v) is 1.27. The second-order valence-electron chi connectivity index (χ2n) is 3.03. The lowest BCUT2D eigenvalue weighted by molar-refractivity contribution is -0.384. The number of nitro benzene ring substituents is 1. The second-order valence-corrected chi connectivity index (χ2v) is 3.42. The van der Waals surface area contributed by atoms with E-state index >= 15 is 0 Å². The summed E-state index contributed by atoms with van der Waals surface area (Å²) in [5.74, 6) is 0.712. The maximum Gasteiger partial charge on any atom is 0.269 e. The maximum absolute atomic E-state index is 10.4. The Labute approximate surface area is 115 Å². The molecule has 1 aromatic heterocycles. The molecule has 1 heterocycles. The highest BCUT2D eigenvalue weighted by molar-refractivity contribution is 6.29. The summed E-state index contributed by atoms with van der Waals surface area (Å²) in [5, 5.41) is 10.7. The zero-order valence-electron chi connectivity index (χ0n) is 10.4. The van der Waals surface area contributed by atoms with Crippen molar-refractivity contribution in [3.05, 3.63) is 51.9 Å². The summed E-state index contributed by atoms with van der Waals surface area (Å²) < 4.78 is 5.34. The van der Waals surface area contributed by atoms with E-state index in [0.29, 0.717) is 5.75 Å². The number of non-ortho nitro benzene ring substituents is 1. The highest BCUT2D eigenvalue weighted by atomic mass is 35.5. The molecule has 0 bridgehead atoms. The van der Waals surface area contributed by atoms with Crippen molar-refractivity contribution in [2.24, 2.45) is 0 Å². The minimum atomic E-state index is -0.481. The molecule has 0 saturated carbocycles. The van der Waals surface area contributed by atoms with E-state index in [0.717, 1.165) is 0 Å². The van der Waals surface area contributed by atoms with Gasteiger partial charge in [0.25, 0.3) is 5.69 Å². The van der Waals surface area contributed by atoms with E-state index in [-0.39, 0.29) is 16.7 Å². The Hall–Kier alpha value is -2.21. The van der Waals surface area contributed by atoms with Crippen LogP contribution < -0.4 is 4.74 Å². The van der Waals surface area contributed by atoms with Crippen LogP contribution in [0.5, 0.6) is 11.6 Å². The SMILES string of the molecule is CC.O=[N+]([O-])c1ccc(Oc2cc(Cl)ncn2)cc1. The molecule has 0 N–H and O–H groups in total. The zero-order chi connectivity index (χ0) is 14.3. The summed E-state index contributed by atoms with van der Waals surface area (Å²) >= 11 is 5.66. The second kappa shape index (κ2) is 7.27. The molecule has 2 aromatic rings. The number of ether oxygens (including phenoxy) is 1. The van der Waals surface area contributed by atoms with Gasteiger partial charge in [-0.2, -0.15) is 0 Å². The lowest BCUT2D eigenvalue weighted by Crippen LogP contribution is -1.90. The minimum absolute atomic E-state index is 0.00179. The molecule has 0 fully saturated rings. The third kappa shape index (κ3) is 4.51. The summed E-state index contributed by atoms with van der Waals surface area (Å²) in [7, 11) is 0. The van der Waals surface area contributed by atoms with Crippen molar-refractivity contribution in [1.29, 1.82) is 0 Å². The van der Waals surface area contributed by atoms with Gasteiger partial charge in [0.2, 0.25) is 5.88 Å². The molecule has 7 heteroatoms. The summed E-state index contributed by atoms with van der Waals surface area (Å²) in [6.07, 6.45) is 1.27. The molecule has 6 nitrogen and oxygen atoms in total. The molecule has 0 aliphatic heterocycles. The Bertz CT molecular complexity index is 546. The molecule has 2 rings (SSSR count). The topological polar surface area (TPSA) is 78.2 Å². The summed E-state index contributed by atoms with van der Waals surface area (Å²) in [6.45, 7) is 4.00. The van der Waals surface area contributed by atoms with Gasteiger partial charge in [-0.1, -0.05) is 25.4 Å². The molecule has 0 radical (unpaired) electrons. The van der Waals surface area contributed by atoms with Crippen molar-refractivity contribution in [2.75, 3.05) is 0 Å². The van der Waals surface area contributed by atoms with Crippen LogP contribution in [-0.4, -0.2) is 14.9 Å². The lowest BCUT2D eigenvalue weighted by Gasteiger charge is -2.03. The van der Waals surface area contributed by atoms with Gasteiger partial charge in [0, 0.05) is 18.2 Å². The predicted molar refractivity (Wildman–Crippen MR) is 71.6 cm³/mol. The summed E-state index contributed by atoms with van der Waals surface area (Å²) in [6, 6.07) is 7.10. The Balaban J connectivity index is 0.000000861. The van der Waals surface area contributed by atoms with Crippen LogP contribution in [-0.2, 0) is 0 Å². The number of hydrogen-bond acceptors (Lipinski definition) is 5. The fraction of sp³-hybridized carbons (Fsp3) is 0.167. The third-order valence-corrected chi connectivity index (χ3v) is 2.09. The first-order chi connectivity index (χ1) is 9.15. The molecular weight excluding hydrogens is 270 g/mol. The van der Waals surface area contributed by atoms with Gasteiger partial charge in [0.15, 0.2) is 0 Å². The number of rotatable bonds is 3. The molecule has 0 aliphatic carbocycles. The monoisotopic (exact) mass is 281 g/mol. The smallest absolute Gasteiger partial charge is 0.269 e. The predicted octanol–water partition coefficient (Wildman–Crippen LogP) is 3.86. The third-order valence-electron chi connectivity index (χ3n) is 1.88. The summed E-state index contributed by atoms with van der Waals surface area (Å²) in [5.41, 5.74) is -0.00179. The summed E-state index contributed by atoms with van der Waals surface area (Å²) in [4.78, 5) is 17.5. The standard InChI is InChI=1S/C10H6ClN3O3.C2H6/c11-9-5-10(13-6-12-9)17-8-3-1-7(2-4-8)14(15)16;1-2/h1-6H;1-2H3. The highest BCUT2D eigenvalue weighted by Gasteiger charge is 2.05. The molecule has 0 amide bonds. The quantitative estimate of drug-likeness (QED) is 0.485. The Morgan fingerprint density at radius 1 is 1.21 bits per heavy atom. The van der Waals surface area contributed by atoms with Gasteiger partial charge >= 0.3 is 0 Å². The van der Waals surface area contributed by atoms with Crippen LogP contribution in [0, 0.1) is 10.1 Å². The van der Waals surface area contributed by atoms with E-state index in [2.05, 4.69) is 9.97 Å². The van der Waals surface area contributed by atoms with Crippen LogP contribution in [0.2, 0.25) is 5.15 Å². The fourth-order valence-electron chi connectivity index (χ4n) is 1.13. The molecule has 0 unspecified atom stereocenters. The Kier molecular flexibility index (Phi) is 5.69. The van der Waals surface area contributed by atoms with Crippen molar-refractivity contribution in [2.45, 2.75) is 13.8 Å². The van der Waals surface area contributed by atoms with E-state index in [1.165, 1.54) is 36.7 Å². The van der Waals surface area contributed by atoms with Crippen molar-refractivity contribution < 1.29 is 9.66 Å². The molecule has 0 saturated heterocycles. The van der Waals surface area contributed by atoms with E-state index in [9.17, 15) is 10.1 Å². The molecule has 19 heavy (non-hydrogen) atoms. The van der Waals surface area contributed by atoms with Crippen molar-refractivity contribution in [3.63, 3.8) is 0 Å². The van der Waals surface area contributed by atoms with E-state index < -0.39 is 4.92 Å². The van der Waals surface area contributed by atoms with Crippen LogP contribution in [0.1, 0.15) is 13.8 Å². The normalized spacial score (nSPS) is 9.21. The van der Waals surface area contributed by atoms with Gasteiger partial charge in [-0.25, -0.2) is 9.97 Å². The van der Waals surface area contributed by atoms with Gasteiger partial charge in [-0.3, -0.25) is 10.1 Å². The number of nitro groups is 1.